The first kappa shape index (κ1) is 50.9. The van der Waals surface area contributed by atoms with E-state index in [1.807, 2.05) is 0 Å². The van der Waals surface area contributed by atoms with E-state index < -0.39 is 5.41 Å². The van der Waals surface area contributed by atoms with Crippen molar-refractivity contribution in [3.05, 3.63) is 226 Å². The third-order valence-corrected chi connectivity index (χ3v) is 18.6. The van der Waals surface area contributed by atoms with Gasteiger partial charge in [0.1, 0.15) is 0 Å². The summed E-state index contributed by atoms with van der Waals surface area (Å²) in [5.74, 6) is 0. The zero-order chi connectivity index (χ0) is 51.2. The van der Waals surface area contributed by atoms with E-state index in [0.717, 1.165) is 0 Å². The summed E-state index contributed by atoms with van der Waals surface area (Å²) in [5.41, 5.74) is 24.9. The van der Waals surface area contributed by atoms with Crippen molar-refractivity contribution >= 4 is 0 Å². The summed E-state index contributed by atoms with van der Waals surface area (Å²) in [4.78, 5) is 0. The second-order valence-corrected chi connectivity index (χ2v) is 23.0. The fourth-order valence-corrected chi connectivity index (χ4v) is 14.9. The molecule has 0 spiro atoms. The minimum Gasteiger partial charge on any atom is -0.0654 e. The number of fused-ring (bicyclic) bond motifs is 9. The first-order chi connectivity index (χ1) is 37.0. The lowest BCUT2D eigenvalue weighted by Gasteiger charge is -2.34. The van der Waals surface area contributed by atoms with Crippen LogP contribution in [0.3, 0.4) is 0 Å². The van der Waals surface area contributed by atoms with Crippen LogP contribution in [0.25, 0.3) is 55.6 Å². The van der Waals surface area contributed by atoms with Crippen LogP contribution < -0.4 is 0 Å². The van der Waals surface area contributed by atoms with E-state index in [2.05, 4.69) is 210 Å². The molecule has 8 aromatic carbocycles. The Labute approximate surface area is 452 Å². The van der Waals surface area contributed by atoms with Gasteiger partial charge in [0.25, 0.3) is 0 Å². The lowest BCUT2D eigenvalue weighted by molar-refractivity contribution is 0.401. The van der Waals surface area contributed by atoms with Crippen molar-refractivity contribution in [2.24, 2.45) is 0 Å². The summed E-state index contributed by atoms with van der Waals surface area (Å²) in [6.07, 6.45) is 25.5. The molecule has 8 aromatic rings. The number of benzene rings is 8. The van der Waals surface area contributed by atoms with Crippen LogP contribution in [0, 0.1) is 0 Å². The first-order valence-corrected chi connectivity index (χ1v) is 29.9. The molecule has 0 amide bonds. The maximum Gasteiger partial charge on any atom is 0.0713 e. The van der Waals surface area contributed by atoms with Crippen LogP contribution in [0.15, 0.2) is 182 Å². The number of hydrogen-bond acceptors (Lipinski definition) is 0. The molecule has 75 heavy (non-hydrogen) atoms. The van der Waals surface area contributed by atoms with Gasteiger partial charge in [0, 0.05) is 10.8 Å². The second-order valence-electron chi connectivity index (χ2n) is 23.0. The highest BCUT2D eigenvalue weighted by molar-refractivity contribution is 5.92. The molecular weight excluding hydrogens is 901 g/mol. The lowest BCUT2D eigenvalue weighted by Crippen LogP contribution is -2.28. The van der Waals surface area contributed by atoms with E-state index in [0.29, 0.717) is 0 Å². The van der Waals surface area contributed by atoms with E-state index in [9.17, 15) is 0 Å². The van der Waals surface area contributed by atoms with Gasteiger partial charge in [0.15, 0.2) is 0 Å². The molecule has 3 aliphatic carbocycles. The van der Waals surface area contributed by atoms with Crippen molar-refractivity contribution in [3.63, 3.8) is 0 Å². The minimum absolute atomic E-state index is 0.0364. The Balaban J connectivity index is 1.06. The molecule has 0 saturated heterocycles. The molecule has 0 atom stereocenters. The average Bonchev–Trinajstić information content (AvgIpc) is 4.13. The molecule has 0 fully saturated rings. The van der Waals surface area contributed by atoms with Crippen LogP contribution >= 0.6 is 0 Å². The zero-order valence-corrected chi connectivity index (χ0v) is 46.0. The third kappa shape index (κ3) is 9.07. The largest absolute Gasteiger partial charge is 0.0713 e. The van der Waals surface area contributed by atoms with Gasteiger partial charge in [0.05, 0.1) is 5.41 Å². The standard InChI is InChI=1S/C75H82/c1-5-9-13-27-47-73(48-28-14-10-6-2)67-37-25-23-35-61(67)63-43-39-55(51-69(63)73)57-41-45-65-66-46-42-58(54-72(66)75(71(65)53-57,59-31-19-17-20-32-59)60-33-21-18-22-34-60)56-40-44-64-62-36-24-26-38-68(62)74(70(64)52-56,49-29-15-11-7-3)50-30-16-12-8-4/h17-26,31-46,51-54H,5-16,27-30,47-50H2,1-4H3. The van der Waals surface area contributed by atoms with Crippen LogP contribution in [0.2, 0.25) is 0 Å². The van der Waals surface area contributed by atoms with Crippen LogP contribution in [0.4, 0.5) is 0 Å². The highest BCUT2D eigenvalue weighted by atomic mass is 14.5. The Bertz CT molecular complexity index is 2980. The predicted octanol–water partition coefficient (Wildman–Crippen LogP) is 21.8. The molecule has 0 aliphatic heterocycles. The van der Waals surface area contributed by atoms with Gasteiger partial charge in [-0.1, -0.05) is 288 Å². The molecule has 3 aliphatic rings. The summed E-state index contributed by atoms with van der Waals surface area (Å²) in [6.45, 7) is 9.37. The molecule has 0 heteroatoms. The topological polar surface area (TPSA) is 0 Å². The molecule has 382 valence electrons. The summed E-state index contributed by atoms with van der Waals surface area (Å²) in [5, 5.41) is 0. The Hall–Kier alpha value is -6.24. The monoisotopic (exact) mass is 983 g/mol. The Morgan fingerprint density at radius 2 is 0.520 bits per heavy atom. The molecule has 0 heterocycles. The number of rotatable bonds is 24. The number of hydrogen-bond donors (Lipinski definition) is 0. The SMILES string of the molecule is CCCCCCC1(CCCCCC)c2ccccc2-c2ccc(-c3ccc4c(c3)C(c3ccccc3)(c3ccccc3)c3cc(-c5ccc6c(c5)C(CCCCCC)(CCCCCC)c5ccccc5-6)ccc3-4)cc21. The molecule has 0 saturated carbocycles. The Kier molecular flexibility index (Phi) is 15.3. The highest BCUT2D eigenvalue weighted by Gasteiger charge is 2.48. The van der Waals surface area contributed by atoms with Crippen molar-refractivity contribution < 1.29 is 0 Å². The van der Waals surface area contributed by atoms with Crippen LogP contribution in [-0.2, 0) is 16.2 Å². The fourth-order valence-electron chi connectivity index (χ4n) is 14.9. The van der Waals surface area contributed by atoms with E-state index in [-0.39, 0.29) is 10.8 Å². The average molecular weight is 983 g/mol. The normalized spacial score (nSPS) is 14.7. The lowest BCUT2D eigenvalue weighted by atomic mass is 9.67. The van der Waals surface area contributed by atoms with Gasteiger partial charge in [-0.25, -0.2) is 0 Å². The smallest absolute Gasteiger partial charge is 0.0654 e. The van der Waals surface area contributed by atoms with Gasteiger partial charge in [-0.05, 0) is 150 Å². The van der Waals surface area contributed by atoms with Crippen molar-refractivity contribution in [1.29, 1.82) is 0 Å². The molecule has 0 unspecified atom stereocenters. The molecular formula is C75H82. The maximum atomic E-state index is 2.64. The molecule has 0 aromatic heterocycles. The zero-order valence-electron chi connectivity index (χ0n) is 46.0. The second kappa shape index (κ2) is 22.5. The fraction of sp³-hybridized carbons (Fsp3) is 0.360. The summed E-state index contributed by atoms with van der Waals surface area (Å²) >= 11 is 0. The van der Waals surface area contributed by atoms with E-state index in [1.165, 1.54) is 206 Å². The van der Waals surface area contributed by atoms with Gasteiger partial charge in [-0.15, -0.1) is 0 Å². The van der Waals surface area contributed by atoms with E-state index in [4.69, 9.17) is 0 Å². The Morgan fingerprint density at radius 1 is 0.240 bits per heavy atom. The van der Waals surface area contributed by atoms with Crippen molar-refractivity contribution in [1.82, 2.24) is 0 Å². The minimum atomic E-state index is -0.524. The Morgan fingerprint density at radius 3 is 0.853 bits per heavy atom. The highest BCUT2D eigenvalue weighted by Crippen LogP contribution is 2.60. The first-order valence-electron chi connectivity index (χ1n) is 29.9. The maximum absolute atomic E-state index is 2.64. The van der Waals surface area contributed by atoms with Gasteiger partial charge >= 0.3 is 0 Å². The van der Waals surface area contributed by atoms with Crippen molar-refractivity contribution in [2.45, 2.75) is 172 Å². The molecule has 0 radical (unpaired) electrons. The molecule has 11 rings (SSSR count). The molecule has 0 N–H and O–H groups in total. The third-order valence-electron chi connectivity index (χ3n) is 18.6. The van der Waals surface area contributed by atoms with Crippen LogP contribution in [0.1, 0.15) is 201 Å². The quantitative estimate of drug-likeness (QED) is 0.0529. The summed E-state index contributed by atoms with van der Waals surface area (Å²) < 4.78 is 0. The molecule has 0 bridgehead atoms. The van der Waals surface area contributed by atoms with E-state index >= 15 is 0 Å². The number of unbranched alkanes of at least 4 members (excludes halogenated alkanes) is 12. The summed E-state index contributed by atoms with van der Waals surface area (Å²) in [6, 6.07) is 72.0. The molecule has 0 nitrogen and oxygen atoms in total. The van der Waals surface area contributed by atoms with Gasteiger partial charge < -0.3 is 0 Å². The van der Waals surface area contributed by atoms with E-state index in [1.54, 1.807) is 22.3 Å². The van der Waals surface area contributed by atoms with Crippen LogP contribution in [-0.4, -0.2) is 0 Å². The van der Waals surface area contributed by atoms with Gasteiger partial charge in [-0.3, -0.25) is 0 Å². The van der Waals surface area contributed by atoms with Crippen molar-refractivity contribution in [3.8, 4) is 55.6 Å². The predicted molar refractivity (Wildman–Crippen MR) is 322 cm³/mol. The van der Waals surface area contributed by atoms with Gasteiger partial charge in [-0.2, -0.15) is 0 Å². The van der Waals surface area contributed by atoms with Gasteiger partial charge in [0.2, 0.25) is 0 Å². The van der Waals surface area contributed by atoms with Crippen molar-refractivity contribution in [2.75, 3.05) is 0 Å². The summed E-state index contributed by atoms with van der Waals surface area (Å²) in [7, 11) is 0. The van der Waals surface area contributed by atoms with Crippen LogP contribution in [0.5, 0.6) is 0 Å².